The van der Waals surface area contributed by atoms with E-state index in [0.29, 0.717) is 6.54 Å². The fourth-order valence-electron chi connectivity index (χ4n) is 1.41. The number of pyridine rings is 1. The predicted molar refractivity (Wildman–Crippen MR) is 68.1 cm³/mol. The van der Waals surface area contributed by atoms with Crippen molar-refractivity contribution < 1.29 is 4.74 Å². The Kier molecular flexibility index (Phi) is 4.52. The van der Waals surface area contributed by atoms with Gasteiger partial charge in [-0.2, -0.15) is 0 Å². The highest BCUT2D eigenvalue weighted by Gasteiger charge is 2.02. The van der Waals surface area contributed by atoms with Crippen LogP contribution in [0.4, 0.5) is 0 Å². The largest absolute Gasteiger partial charge is 0.489 e. The summed E-state index contributed by atoms with van der Waals surface area (Å²) in [6.45, 7) is 2.47. The third-order valence-corrected chi connectivity index (χ3v) is 2.24. The Labute approximate surface area is 101 Å². The molecule has 0 aliphatic carbocycles. The first-order valence-electron chi connectivity index (χ1n) is 5.01. The number of hydrogen-bond acceptors (Lipinski definition) is 3. The minimum absolute atomic E-state index is 0. The minimum atomic E-state index is 0. The van der Waals surface area contributed by atoms with E-state index in [2.05, 4.69) is 4.98 Å². The van der Waals surface area contributed by atoms with Crippen molar-refractivity contribution in [2.45, 2.75) is 13.0 Å². The van der Waals surface area contributed by atoms with E-state index in [0.717, 1.165) is 16.7 Å². The number of hydrogen-bond donors (Lipinski definition) is 1. The number of nitrogens with two attached hydrogens (primary N) is 1. The summed E-state index contributed by atoms with van der Waals surface area (Å²) in [5.41, 5.74) is 6.47. The molecule has 3 nitrogen and oxygen atoms in total. The van der Waals surface area contributed by atoms with Crippen LogP contribution in [0.15, 0.2) is 36.5 Å². The number of nitrogens with zero attached hydrogens (tertiary/aromatic N) is 1. The van der Waals surface area contributed by atoms with Crippen LogP contribution in [-0.4, -0.2) is 17.6 Å². The average molecular weight is 239 g/mol. The highest BCUT2D eigenvalue weighted by molar-refractivity contribution is 5.85. The Hall–Kier alpha value is -1.32. The fourth-order valence-corrected chi connectivity index (χ4v) is 1.41. The zero-order chi connectivity index (χ0) is 10.7. The second kappa shape index (κ2) is 5.68. The highest BCUT2D eigenvalue weighted by Crippen LogP contribution is 2.19. The molecule has 86 valence electrons. The molecule has 1 heterocycles. The third-order valence-electron chi connectivity index (χ3n) is 2.24. The van der Waals surface area contributed by atoms with Gasteiger partial charge in [0.1, 0.15) is 11.9 Å². The number of rotatable bonds is 3. The van der Waals surface area contributed by atoms with Crippen LogP contribution in [0.3, 0.4) is 0 Å². The maximum Gasteiger partial charge on any atom is 0.120 e. The number of benzene rings is 1. The van der Waals surface area contributed by atoms with Gasteiger partial charge in [0, 0.05) is 18.1 Å². The van der Waals surface area contributed by atoms with Gasteiger partial charge in [0.05, 0.1) is 5.52 Å². The zero-order valence-electron chi connectivity index (χ0n) is 9.09. The lowest BCUT2D eigenvalue weighted by Crippen LogP contribution is -2.22. The number of halogens is 1. The second-order valence-electron chi connectivity index (χ2n) is 3.52. The smallest absolute Gasteiger partial charge is 0.120 e. The van der Waals surface area contributed by atoms with Crippen LogP contribution in [0, 0.1) is 0 Å². The summed E-state index contributed by atoms with van der Waals surface area (Å²) in [5.74, 6) is 0.841. The van der Waals surface area contributed by atoms with Gasteiger partial charge in [0.25, 0.3) is 0 Å². The maximum atomic E-state index is 5.62. The van der Waals surface area contributed by atoms with Gasteiger partial charge in [-0.15, -0.1) is 12.4 Å². The van der Waals surface area contributed by atoms with Crippen LogP contribution in [0.1, 0.15) is 6.92 Å². The Balaban J connectivity index is 0.00000128. The van der Waals surface area contributed by atoms with E-state index in [4.69, 9.17) is 10.5 Å². The molecule has 16 heavy (non-hydrogen) atoms. The topological polar surface area (TPSA) is 48.1 Å². The number of ether oxygens (including phenoxy) is 1. The molecule has 1 unspecified atom stereocenters. The van der Waals surface area contributed by atoms with Crippen LogP contribution >= 0.6 is 12.4 Å². The quantitative estimate of drug-likeness (QED) is 0.893. The van der Waals surface area contributed by atoms with Gasteiger partial charge in [0.2, 0.25) is 0 Å². The summed E-state index contributed by atoms with van der Waals surface area (Å²) in [5, 5.41) is 1.08. The average Bonchev–Trinajstić information content (AvgIpc) is 2.29. The lowest BCUT2D eigenvalue weighted by molar-refractivity contribution is 0.230. The molecule has 2 aromatic rings. The lowest BCUT2D eigenvalue weighted by Gasteiger charge is -2.12. The molecule has 2 rings (SSSR count). The van der Waals surface area contributed by atoms with Crippen molar-refractivity contribution >= 4 is 23.3 Å². The van der Waals surface area contributed by atoms with E-state index in [1.54, 1.807) is 6.20 Å². The minimum Gasteiger partial charge on any atom is -0.489 e. The predicted octanol–water partition coefficient (Wildman–Crippen LogP) is 2.38. The van der Waals surface area contributed by atoms with E-state index < -0.39 is 0 Å². The van der Waals surface area contributed by atoms with Gasteiger partial charge in [0.15, 0.2) is 0 Å². The molecule has 0 aliphatic rings. The van der Waals surface area contributed by atoms with Crippen molar-refractivity contribution in [2.75, 3.05) is 6.54 Å². The first kappa shape index (κ1) is 12.7. The van der Waals surface area contributed by atoms with Gasteiger partial charge in [-0.1, -0.05) is 6.07 Å². The van der Waals surface area contributed by atoms with Crippen molar-refractivity contribution in [1.82, 2.24) is 4.98 Å². The monoisotopic (exact) mass is 238 g/mol. The molecule has 2 N–H and O–H groups in total. The summed E-state index contributed by atoms with van der Waals surface area (Å²) in [7, 11) is 0. The van der Waals surface area contributed by atoms with E-state index in [-0.39, 0.29) is 18.5 Å². The summed E-state index contributed by atoms with van der Waals surface area (Å²) in [6.07, 6.45) is 1.82. The van der Waals surface area contributed by atoms with Crippen molar-refractivity contribution in [3.05, 3.63) is 36.5 Å². The summed E-state index contributed by atoms with van der Waals surface area (Å²) in [6, 6.07) is 9.78. The van der Waals surface area contributed by atoms with Gasteiger partial charge >= 0.3 is 0 Å². The first-order chi connectivity index (χ1) is 7.29. The Morgan fingerprint density at radius 3 is 2.94 bits per heavy atom. The third kappa shape index (κ3) is 2.84. The molecule has 4 heteroatoms. The van der Waals surface area contributed by atoms with Crippen LogP contribution in [0.25, 0.3) is 10.9 Å². The molecule has 1 atom stereocenters. The molecule has 0 saturated carbocycles. The Morgan fingerprint density at radius 1 is 1.38 bits per heavy atom. The molecule has 0 fully saturated rings. The van der Waals surface area contributed by atoms with E-state index in [1.807, 2.05) is 37.3 Å². The SMILES string of the molecule is CC(CN)Oc1ccc2ncccc2c1.Cl. The van der Waals surface area contributed by atoms with Crippen LogP contribution in [-0.2, 0) is 0 Å². The first-order valence-corrected chi connectivity index (χ1v) is 5.01. The van der Waals surface area contributed by atoms with Crippen LogP contribution in [0.5, 0.6) is 5.75 Å². The molecule has 1 aromatic heterocycles. The van der Waals surface area contributed by atoms with Gasteiger partial charge in [-0.05, 0) is 31.2 Å². The summed E-state index contributed by atoms with van der Waals surface area (Å²) >= 11 is 0. The van der Waals surface area contributed by atoms with Crippen LogP contribution < -0.4 is 10.5 Å². The summed E-state index contributed by atoms with van der Waals surface area (Å²) < 4.78 is 5.62. The molecule has 0 bridgehead atoms. The summed E-state index contributed by atoms with van der Waals surface area (Å²) in [4.78, 5) is 4.24. The van der Waals surface area contributed by atoms with E-state index in [9.17, 15) is 0 Å². The van der Waals surface area contributed by atoms with Gasteiger partial charge in [-0.3, -0.25) is 4.98 Å². The molecular formula is C12H15ClN2O. The number of aromatic nitrogens is 1. The highest BCUT2D eigenvalue weighted by atomic mass is 35.5. The molecular weight excluding hydrogens is 224 g/mol. The van der Waals surface area contributed by atoms with Crippen molar-refractivity contribution in [1.29, 1.82) is 0 Å². The van der Waals surface area contributed by atoms with Crippen molar-refractivity contribution in [3.8, 4) is 5.75 Å². The molecule has 0 radical (unpaired) electrons. The van der Waals surface area contributed by atoms with Crippen molar-refractivity contribution in [2.24, 2.45) is 5.73 Å². The lowest BCUT2D eigenvalue weighted by atomic mass is 10.2. The van der Waals surface area contributed by atoms with E-state index >= 15 is 0 Å². The standard InChI is InChI=1S/C12H14N2O.ClH/c1-9(8-13)15-11-4-5-12-10(7-11)3-2-6-14-12;/h2-7,9H,8,13H2,1H3;1H. The Morgan fingerprint density at radius 2 is 2.19 bits per heavy atom. The van der Waals surface area contributed by atoms with Gasteiger partial charge < -0.3 is 10.5 Å². The van der Waals surface area contributed by atoms with Gasteiger partial charge in [-0.25, -0.2) is 0 Å². The van der Waals surface area contributed by atoms with E-state index in [1.165, 1.54) is 0 Å². The molecule has 0 aliphatic heterocycles. The Bertz CT molecular complexity index is 461. The fraction of sp³-hybridized carbons (Fsp3) is 0.250. The number of fused-ring (bicyclic) bond motifs is 1. The zero-order valence-corrected chi connectivity index (χ0v) is 9.91. The normalized spacial score (nSPS) is 11.9. The molecule has 0 saturated heterocycles. The molecule has 0 amide bonds. The molecule has 0 spiro atoms. The van der Waals surface area contributed by atoms with Crippen molar-refractivity contribution in [3.63, 3.8) is 0 Å². The second-order valence-corrected chi connectivity index (χ2v) is 3.52. The maximum absolute atomic E-state index is 5.62. The molecule has 1 aromatic carbocycles. The van der Waals surface area contributed by atoms with Crippen LogP contribution in [0.2, 0.25) is 0 Å².